The number of aromatic nitrogens is 1. The molecule has 0 radical (unpaired) electrons. The third-order valence-electron chi connectivity index (χ3n) is 3.95. The Morgan fingerprint density at radius 3 is 1.60 bits per heavy atom. The third kappa shape index (κ3) is 5.37. The van der Waals surface area contributed by atoms with Crippen molar-refractivity contribution in [1.82, 2.24) is 4.98 Å². The second-order valence-corrected chi connectivity index (χ2v) is 5.78. The van der Waals surface area contributed by atoms with Gasteiger partial charge in [0.15, 0.2) is 11.6 Å². The van der Waals surface area contributed by atoms with Gasteiger partial charge in [0.2, 0.25) is 0 Å². The van der Waals surface area contributed by atoms with Crippen LogP contribution in [-0.2, 0) is 28.7 Å². The quantitative estimate of drug-likeness (QED) is 0.550. The molecule has 0 spiro atoms. The number of nitrogens with zero attached hydrogens (tertiary/aromatic N) is 1. The van der Waals surface area contributed by atoms with E-state index in [0.29, 0.717) is 5.56 Å². The fourth-order valence-corrected chi connectivity index (χ4v) is 2.99. The van der Waals surface area contributed by atoms with Gasteiger partial charge in [-0.2, -0.15) is 0 Å². The average Bonchev–Trinajstić information content (AvgIpc) is 2.54. The monoisotopic (exact) mass is 349 g/mol. The number of ether oxygens (including phenoxy) is 2. The summed E-state index contributed by atoms with van der Waals surface area (Å²) in [5, 5.41) is 0. The van der Waals surface area contributed by atoms with Crippen molar-refractivity contribution in [3.63, 3.8) is 0 Å². The van der Waals surface area contributed by atoms with Crippen LogP contribution in [-0.4, -0.2) is 55.6 Å². The van der Waals surface area contributed by atoms with Crippen LogP contribution < -0.4 is 0 Å². The van der Waals surface area contributed by atoms with Crippen LogP contribution >= 0.6 is 0 Å². The Labute approximate surface area is 146 Å². The maximum atomic E-state index is 12.5. The van der Waals surface area contributed by atoms with Gasteiger partial charge < -0.3 is 9.47 Å². The molecule has 0 fully saturated rings. The molecule has 0 aliphatic carbocycles. The highest BCUT2D eigenvalue weighted by Crippen LogP contribution is 2.35. The Kier molecular flexibility index (Phi) is 8.24. The molecule has 1 aromatic rings. The molecule has 1 rings (SSSR count). The van der Waals surface area contributed by atoms with E-state index in [4.69, 9.17) is 9.47 Å². The van der Waals surface area contributed by atoms with Crippen molar-refractivity contribution >= 4 is 23.1 Å². The van der Waals surface area contributed by atoms with E-state index in [1.54, 1.807) is 12.1 Å². The first-order valence-electron chi connectivity index (χ1n) is 7.79. The highest BCUT2D eigenvalue weighted by Gasteiger charge is 2.43. The average molecular weight is 349 g/mol. The van der Waals surface area contributed by atoms with Crippen LogP contribution in [0.2, 0.25) is 0 Å². The van der Waals surface area contributed by atoms with Gasteiger partial charge in [-0.1, -0.05) is 0 Å². The molecule has 0 aromatic carbocycles. The molecule has 1 heterocycles. The Hall–Kier alpha value is -2.25. The SMILES string of the molecule is COCC(=O)[C@@H](C(C)=O)C(c1ccncc1)[C@H](C(C)=O)C(=O)COC. The van der Waals surface area contributed by atoms with Crippen molar-refractivity contribution in [2.45, 2.75) is 19.8 Å². The first kappa shape index (κ1) is 20.8. The Morgan fingerprint density at radius 2 is 1.28 bits per heavy atom. The number of carbonyl (C=O) groups is 4. The number of pyridine rings is 1. The lowest BCUT2D eigenvalue weighted by Gasteiger charge is -2.30. The van der Waals surface area contributed by atoms with E-state index < -0.39 is 40.9 Å². The maximum absolute atomic E-state index is 12.5. The molecule has 0 bridgehead atoms. The van der Waals surface area contributed by atoms with Crippen LogP contribution in [0, 0.1) is 11.8 Å². The van der Waals surface area contributed by atoms with Crippen molar-refractivity contribution in [2.24, 2.45) is 11.8 Å². The molecule has 0 N–H and O–H groups in total. The minimum atomic E-state index is -1.17. The van der Waals surface area contributed by atoms with E-state index in [1.165, 1.54) is 40.5 Å². The molecule has 7 heteroatoms. The fraction of sp³-hybridized carbons (Fsp3) is 0.500. The number of rotatable bonds is 11. The standard InChI is InChI=1S/C18H23NO6/c1-11(20)16(14(22)9-24-3)18(13-5-7-19-8-6-13)17(12(2)21)15(23)10-25-4/h5-8,16-18H,9-10H2,1-4H3/t16-,17-/m1/s1. The number of Topliss-reactive ketones (excluding diaryl/α,β-unsaturated/α-hetero) is 4. The van der Waals surface area contributed by atoms with Crippen molar-refractivity contribution in [2.75, 3.05) is 27.4 Å². The van der Waals surface area contributed by atoms with E-state index in [0.717, 1.165) is 0 Å². The molecule has 0 saturated heterocycles. The molecule has 0 unspecified atom stereocenters. The molecule has 0 amide bonds. The topological polar surface area (TPSA) is 99.6 Å². The van der Waals surface area contributed by atoms with Gasteiger partial charge in [0.1, 0.15) is 24.8 Å². The molecule has 0 saturated carbocycles. The van der Waals surface area contributed by atoms with Crippen LogP contribution in [0.15, 0.2) is 24.5 Å². The first-order valence-corrected chi connectivity index (χ1v) is 7.79. The second kappa shape index (κ2) is 9.90. The van der Waals surface area contributed by atoms with Gasteiger partial charge in [0, 0.05) is 32.5 Å². The minimum absolute atomic E-state index is 0.283. The third-order valence-corrected chi connectivity index (χ3v) is 3.95. The van der Waals surface area contributed by atoms with Gasteiger partial charge in [-0.3, -0.25) is 24.2 Å². The minimum Gasteiger partial charge on any atom is -0.377 e. The van der Waals surface area contributed by atoms with Crippen molar-refractivity contribution in [3.8, 4) is 0 Å². The van der Waals surface area contributed by atoms with E-state index in [2.05, 4.69) is 4.98 Å². The normalized spacial score (nSPS) is 13.3. The van der Waals surface area contributed by atoms with Crippen LogP contribution in [0.1, 0.15) is 25.3 Å². The molecule has 7 nitrogen and oxygen atoms in total. The van der Waals surface area contributed by atoms with Crippen molar-refractivity contribution < 1.29 is 28.7 Å². The second-order valence-electron chi connectivity index (χ2n) is 5.78. The summed E-state index contributed by atoms with van der Waals surface area (Å²) >= 11 is 0. The van der Waals surface area contributed by atoms with E-state index in [-0.39, 0.29) is 13.2 Å². The molecule has 0 aliphatic heterocycles. The summed E-state index contributed by atoms with van der Waals surface area (Å²) < 4.78 is 9.72. The number of hydrogen-bond acceptors (Lipinski definition) is 7. The molecule has 0 aliphatic rings. The largest absolute Gasteiger partial charge is 0.377 e. The number of methoxy groups -OCH3 is 2. The molecule has 136 valence electrons. The van der Waals surface area contributed by atoms with Crippen LogP contribution in [0.25, 0.3) is 0 Å². The summed E-state index contributed by atoms with van der Waals surface area (Å²) in [7, 11) is 2.68. The Bertz CT molecular complexity index is 592. The van der Waals surface area contributed by atoms with Gasteiger partial charge in [0.25, 0.3) is 0 Å². The van der Waals surface area contributed by atoms with E-state index in [1.807, 2.05) is 0 Å². The number of carbonyl (C=O) groups excluding carboxylic acids is 4. The van der Waals surface area contributed by atoms with Gasteiger partial charge >= 0.3 is 0 Å². The van der Waals surface area contributed by atoms with Crippen LogP contribution in [0.4, 0.5) is 0 Å². The van der Waals surface area contributed by atoms with Gasteiger partial charge in [-0.15, -0.1) is 0 Å². The fourth-order valence-electron chi connectivity index (χ4n) is 2.99. The Balaban J connectivity index is 3.50. The number of ketones is 4. The zero-order valence-electron chi connectivity index (χ0n) is 14.9. The summed E-state index contributed by atoms with van der Waals surface area (Å²) in [6, 6.07) is 3.19. The van der Waals surface area contributed by atoms with Gasteiger partial charge in [-0.25, -0.2) is 0 Å². The summed E-state index contributed by atoms with van der Waals surface area (Å²) in [6.45, 7) is 1.97. The maximum Gasteiger partial charge on any atom is 0.169 e. The highest BCUT2D eigenvalue weighted by atomic mass is 16.5. The highest BCUT2D eigenvalue weighted by molar-refractivity contribution is 6.08. The summed E-state index contributed by atoms with van der Waals surface area (Å²) in [6.07, 6.45) is 2.97. The van der Waals surface area contributed by atoms with Gasteiger partial charge in [0.05, 0.1) is 11.8 Å². The van der Waals surface area contributed by atoms with Crippen molar-refractivity contribution in [3.05, 3.63) is 30.1 Å². The lowest BCUT2D eigenvalue weighted by molar-refractivity contribution is -0.139. The smallest absolute Gasteiger partial charge is 0.169 e. The summed E-state index contributed by atoms with van der Waals surface area (Å²) in [5.74, 6) is -5.08. The van der Waals surface area contributed by atoms with E-state index in [9.17, 15) is 19.2 Å². The van der Waals surface area contributed by atoms with E-state index >= 15 is 0 Å². The lowest BCUT2D eigenvalue weighted by Crippen LogP contribution is -2.41. The molecular weight excluding hydrogens is 326 g/mol. The van der Waals surface area contributed by atoms with Crippen LogP contribution in [0.3, 0.4) is 0 Å². The molecule has 25 heavy (non-hydrogen) atoms. The molecule has 2 atom stereocenters. The Morgan fingerprint density at radius 1 is 0.880 bits per heavy atom. The predicted octanol–water partition coefficient (Wildman–Crippen LogP) is 1.01. The van der Waals surface area contributed by atoms with Crippen LogP contribution in [0.5, 0.6) is 0 Å². The zero-order chi connectivity index (χ0) is 19.0. The predicted molar refractivity (Wildman–Crippen MR) is 89.1 cm³/mol. The zero-order valence-corrected chi connectivity index (χ0v) is 14.9. The summed E-state index contributed by atoms with van der Waals surface area (Å²) in [5.41, 5.74) is 0.518. The van der Waals surface area contributed by atoms with Gasteiger partial charge in [-0.05, 0) is 31.5 Å². The van der Waals surface area contributed by atoms with Crippen molar-refractivity contribution in [1.29, 1.82) is 0 Å². The molecule has 1 aromatic heterocycles. The molecular formula is C18H23NO6. The lowest BCUT2D eigenvalue weighted by atomic mass is 9.71. The first-order chi connectivity index (χ1) is 11.8. The number of hydrogen-bond donors (Lipinski definition) is 0. The summed E-state index contributed by atoms with van der Waals surface area (Å²) in [4.78, 5) is 53.4.